The van der Waals surface area contributed by atoms with Crippen LogP contribution in [0.25, 0.3) is 0 Å². The van der Waals surface area contributed by atoms with Crippen molar-refractivity contribution >= 4 is 20.8 Å². The van der Waals surface area contributed by atoms with Crippen molar-refractivity contribution < 1.29 is 47.2 Å². The van der Waals surface area contributed by atoms with Gasteiger partial charge in [0.15, 0.2) is 6.10 Å². The zero-order chi connectivity index (χ0) is 16.5. The Balaban J connectivity index is 4.32. The van der Waals surface area contributed by atoms with Crippen molar-refractivity contribution in [2.75, 3.05) is 40.9 Å². The predicted molar refractivity (Wildman–Crippen MR) is 68.7 cm³/mol. The number of ether oxygens (including phenoxy) is 2. The number of hydrogen-bond donors (Lipinski definition) is 2. The Labute approximate surface area is 122 Å². The highest BCUT2D eigenvalue weighted by Crippen LogP contribution is 2.43. The van der Waals surface area contributed by atoms with Gasteiger partial charge in [-0.25, -0.2) is 4.57 Å². The lowest BCUT2D eigenvalue weighted by Gasteiger charge is -2.24. The second-order valence-corrected chi connectivity index (χ2v) is 6.46. The summed E-state index contributed by atoms with van der Waals surface area (Å²) in [5.74, 6) is 0. The highest BCUT2D eigenvalue weighted by molar-refractivity contribution is 7.47. The number of carbonyl (C=O) groups excluding carboxylic acids is 2. The third kappa shape index (κ3) is 10.4. The van der Waals surface area contributed by atoms with Gasteiger partial charge in [-0.1, -0.05) is 0 Å². The standard InChI is InChI=1S/C10H20NO9P/c1-11(2,3)4-5-19-21(15,16)20-6-9(17-7-12)10(14)18-8-13/h7-10,14H,4-6H2,1-3H3/p+1. The Bertz CT molecular complexity index is 370. The van der Waals surface area contributed by atoms with Gasteiger partial charge in [0.05, 0.1) is 21.1 Å². The van der Waals surface area contributed by atoms with E-state index in [0.29, 0.717) is 11.0 Å². The molecule has 0 aliphatic carbocycles. The zero-order valence-corrected chi connectivity index (χ0v) is 13.0. The third-order valence-corrected chi connectivity index (χ3v) is 3.15. The van der Waals surface area contributed by atoms with Gasteiger partial charge in [-0.15, -0.1) is 0 Å². The van der Waals surface area contributed by atoms with Crippen LogP contribution in [0.4, 0.5) is 0 Å². The van der Waals surface area contributed by atoms with Gasteiger partial charge in [0.2, 0.25) is 6.29 Å². The molecular weight excluding hydrogens is 309 g/mol. The molecule has 2 N–H and O–H groups in total. The lowest BCUT2D eigenvalue weighted by Crippen LogP contribution is -2.37. The number of rotatable bonds is 12. The average molecular weight is 330 g/mol. The fraction of sp³-hybridized carbons (Fsp3) is 0.800. The van der Waals surface area contributed by atoms with Crippen LogP contribution in [0.5, 0.6) is 0 Å². The SMILES string of the molecule is C[N+](C)(C)CCOP(=O)(O)OCC(OC=O)C(O)OC=O. The molecule has 124 valence electrons. The summed E-state index contributed by atoms with van der Waals surface area (Å²) in [4.78, 5) is 29.7. The number of aliphatic hydroxyl groups is 1. The number of quaternary nitrogens is 1. The fourth-order valence-corrected chi connectivity index (χ4v) is 1.76. The van der Waals surface area contributed by atoms with Crippen molar-refractivity contribution in [1.29, 1.82) is 0 Å². The van der Waals surface area contributed by atoms with E-state index < -0.39 is 26.8 Å². The summed E-state index contributed by atoms with van der Waals surface area (Å²) >= 11 is 0. The molecule has 0 aromatic rings. The maximum Gasteiger partial charge on any atom is 0.472 e. The van der Waals surface area contributed by atoms with Gasteiger partial charge in [-0.05, 0) is 0 Å². The molecule has 0 fully saturated rings. The summed E-state index contributed by atoms with van der Waals surface area (Å²) in [5, 5.41) is 9.29. The van der Waals surface area contributed by atoms with Crippen LogP contribution in [0.2, 0.25) is 0 Å². The maximum atomic E-state index is 11.6. The van der Waals surface area contributed by atoms with Crippen LogP contribution in [-0.4, -0.2) is 80.7 Å². The number of nitrogens with zero attached hydrogens (tertiary/aromatic N) is 1. The Kier molecular flexibility index (Phi) is 8.64. The Morgan fingerprint density at radius 3 is 2.19 bits per heavy atom. The Morgan fingerprint density at radius 1 is 1.14 bits per heavy atom. The second kappa shape index (κ2) is 9.08. The minimum Gasteiger partial charge on any atom is -0.455 e. The van der Waals surface area contributed by atoms with Gasteiger partial charge >= 0.3 is 7.82 Å². The van der Waals surface area contributed by atoms with Crippen LogP contribution in [0.15, 0.2) is 0 Å². The van der Waals surface area contributed by atoms with Crippen LogP contribution in [0.3, 0.4) is 0 Å². The monoisotopic (exact) mass is 330 g/mol. The number of hydrogen-bond acceptors (Lipinski definition) is 8. The van der Waals surface area contributed by atoms with E-state index in [1.54, 1.807) is 0 Å². The van der Waals surface area contributed by atoms with E-state index >= 15 is 0 Å². The van der Waals surface area contributed by atoms with E-state index in [4.69, 9.17) is 4.52 Å². The quantitative estimate of drug-likeness (QED) is 0.197. The lowest BCUT2D eigenvalue weighted by atomic mass is 10.4. The molecule has 10 nitrogen and oxygen atoms in total. The van der Waals surface area contributed by atoms with Gasteiger partial charge in [0.1, 0.15) is 19.8 Å². The van der Waals surface area contributed by atoms with Gasteiger partial charge in [-0.2, -0.15) is 0 Å². The summed E-state index contributed by atoms with van der Waals surface area (Å²) in [5.41, 5.74) is 0. The van der Waals surface area contributed by atoms with E-state index in [1.165, 1.54) is 0 Å². The molecule has 0 saturated heterocycles. The first-order valence-corrected chi connectivity index (χ1v) is 7.39. The maximum absolute atomic E-state index is 11.6. The van der Waals surface area contributed by atoms with Crippen LogP contribution in [0.1, 0.15) is 0 Å². The number of aliphatic hydroxyl groups excluding tert-OH is 1. The highest BCUT2D eigenvalue weighted by Gasteiger charge is 2.29. The van der Waals surface area contributed by atoms with Crippen molar-refractivity contribution in [1.82, 2.24) is 0 Å². The van der Waals surface area contributed by atoms with E-state index in [9.17, 15) is 24.2 Å². The molecule has 0 rings (SSSR count). The normalized spacial score (nSPS) is 17.4. The summed E-state index contributed by atoms with van der Waals surface area (Å²) in [7, 11) is 1.23. The summed E-state index contributed by atoms with van der Waals surface area (Å²) in [6.07, 6.45) is -3.27. The number of phosphoric ester groups is 1. The molecule has 0 radical (unpaired) electrons. The van der Waals surface area contributed by atoms with E-state index in [1.807, 2.05) is 21.1 Å². The molecule has 0 aliphatic heterocycles. The van der Waals surface area contributed by atoms with Crippen LogP contribution in [0, 0.1) is 0 Å². The van der Waals surface area contributed by atoms with Crippen molar-refractivity contribution in [3.8, 4) is 0 Å². The number of phosphoric acid groups is 1. The summed E-state index contributed by atoms with van der Waals surface area (Å²) < 4.78 is 29.9. The molecular formula is C10H21NO9P+. The molecule has 3 atom stereocenters. The van der Waals surface area contributed by atoms with E-state index in [0.717, 1.165) is 0 Å². The molecule has 11 heteroatoms. The molecule has 0 bridgehead atoms. The number of likely N-dealkylation sites (N-methyl/N-ethyl adjacent to an activating group) is 1. The largest absolute Gasteiger partial charge is 0.472 e. The molecule has 21 heavy (non-hydrogen) atoms. The average Bonchev–Trinajstić information content (AvgIpc) is 2.32. The Hall–Kier alpha value is -1.03. The zero-order valence-electron chi connectivity index (χ0n) is 12.1. The molecule has 0 aliphatic rings. The molecule has 0 aromatic heterocycles. The van der Waals surface area contributed by atoms with Crippen LogP contribution in [-0.2, 0) is 32.7 Å². The van der Waals surface area contributed by atoms with Gasteiger partial charge in [0.25, 0.3) is 12.9 Å². The van der Waals surface area contributed by atoms with Crippen molar-refractivity contribution in [3.63, 3.8) is 0 Å². The predicted octanol–water partition coefficient (Wildman–Crippen LogP) is -1.14. The van der Waals surface area contributed by atoms with Gasteiger partial charge < -0.3 is 24.0 Å². The molecule has 0 saturated carbocycles. The van der Waals surface area contributed by atoms with Crippen LogP contribution < -0.4 is 0 Å². The van der Waals surface area contributed by atoms with Gasteiger partial charge in [0, 0.05) is 0 Å². The van der Waals surface area contributed by atoms with Gasteiger partial charge in [-0.3, -0.25) is 18.6 Å². The molecule has 0 spiro atoms. The fourth-order valence-electron chi connectivity index (χ4n) is 1.04. The highest BCUT2D eigenvalue weighted by atomic mass is 31.2. The molecule has 3 unspecified atom stereocenters. The first-order chi connectivity index (χ1) is 9.61. The second-order valence-electron chi connectivity index (χ2n) is 5.01. The Morgan fingerprint density at radius 2 is 1.71 bits per heavy atom. The topological polar surface area (TPSA) is 129 Å². The number of carbonyl (C=O) groups is 2. The molecule has 0 amide bonds. The van der Waals surface area contributed by atoms with Crippen molar-refractivity contribution in [2.45, 2.75) is 12.4 Å². The van der Waals surface area contributed by atoms with E-state index in [2.05, 4.69) is 14.0 Å². The van der Waals surface area contributed by atoms with Crippen molar-refractivity contribution in [3.05, 3.63) is 0 Å². The smallest absolute Gasteiger partial charge is 0.455 e. The molecule has 0 heterocycles. The minimum atomic E-state index is -4.38. The minimum absolute atomic E-state index is 0.0222. The van der Waals surface area contributed by atoms with Crippen LogP contribution >= 0.6 is 7.82 Å². The lowest BCUT2D eigenvalue weighted by molar-refractivity contribution is -0.870. The first-order valence-electron chi connectivity index (χ1n) is 5.90. The van der Waals surface area contributed by atoms with Crippen molar-refractivity contribution in [2.24, 2.45) is 0 Å². The summed E-state index contributed by atoms with van der Waals surface area (Å²) in [6, 6.07) is 0. The summed E-state index contributed by atoms with van der Waals surface area (Å²) in [6.45, 7) is -0.359. The molecule has 0 aromatic carbocycles. The first kappa shape index (κ1) is 20.0. The van der Waals surface area contributed by atoms with E-state index in [-0.39, 0.29) is 19.6 Å². The third-order valence-electron chi connectivity index (χ3n) is 2.16.